The second-order valence-corrected chi connectivity index (χ2v) is 4.72. The quantitative estimate of drug-likeness (QED) is 0.748. The first-order chi connectivity index (χ1) is 10.1. The molecule has 0 radical (unpaired) electrons. The summed E-state index contributed by atoms with van der Waals surface area (Å²) in [6.45, 7) is 3.56. The van der Waals surface area contributed by atoms with Crippen LogP contribution in [0.4, 0.5) is 0 Å². The maximum absolute atomic E-state index is 12.3. The predicted molar refractivity (Wildman–Crippen MR) is 79.6 cm³/mol. The Labute approximate surface area is 123 Å². The highest BCUT2D eigenvalue weighted by Crippen LogP contribution is 2.12. The molecule has 108 valence electrons. The SMILES string of the molecule is Cc1cc(C#CCO)cc(C(=O)NC(C)c2ncc[nH]2)c1. The minimum atomic E-state index is -0.208. The number of nitrogens with zero attached hydrogens (tertiary/aromatic N) is 1. The van der Waals surface area contributed by atoms with Gasteiger partial charge in [-0.15, -0.1) is 0 Å². The van der Waals surface area contributed by atoms with Crippen molar-refractivity contribution in [1.29, 1.82) is 0 Å². The summed E-state index contributed by atoms with van der Waals surface area (Å²) in [5.41, 5.74) is 2.19. The molecule has 1 aromatic heterocycles. The molecule has 0 saturated carbocycles. The highest BCUT2D eigenvalue weighted by Gasteiger charge is 2.13. The maximum Gasteiger partial charge on any atom is 0.251 e. The van der Waals surface area contributed by atoms with Gasteiger partial charge < -0.3 is 15.4 Å². The molecule has 1 heterocycles. The van der Waals surface area contributed by atoms with E-state index in [-0.39, 0.29) is 18.6 Å². The Balaban J connectivity index is 2.17. The summed E-state index contributed by atoms with van der Waals surface area (Å²) in [6, 6.07) is 5.17. The van der Waals surface area contributed by atoms with Crippen LogP contribution in [0.1, 0.15) is 40.3 Å². The molecule has 1 aromatic carbocycles. The zero-order chi connectivity index (χ0) is 15.2. The van der Waals surface area contributed by atoms with Crippen LogP contribution in [0.5, 0.6) is 0 Å². The van der Waals surface area contributed by atoms with Crippen molar-refractivity contribution in [2.45, 2.75) is 19.9 Å². The van der Waals surface area contributed by atoms with E-state index in [1.54, 1.807) is 24.5 Å². The number of H-pyrrole nitrogens is 1. The Hall–Kier alpha value is -2.58. The van der Waals surface area contributed by atoms with E-state index in [1.165, 1.54) is 0 Å². The summed E-state index contributed by atoms with van der Waals surface area (Å²) in [7, 11) is 0. The molecule has 1 atom stereocenters. The van der Waals surface area contributed by atoms with E-state index < -0.39 is 0 Å². The zero-order valence-electron chi connectivity index (χ0n) is 12.0. The molecule has 1 unspecified atom stereocenters. The van der Waals surface area contributed by atoms with Crippen molar-refractivity contribution in [3.05, 3.63) is 53.1 Å². The molecule has 0 saturated heterocycles. The molecule has 0 spiro atoms. The van der Waals surface area contributed by atoms with Crippen LogP contribution in [0, 0.1) is 18.8 Å². The number of carbonyl (C=O) groups is 1. The molecule has 0 aliphatic heterocycles. The first-order valence-corrected chi connectivity index (χ1v) is 6.61. The zero-order valence-corrected chi connectivity index (χ0v) is 12.0. The van der Waals surface area contributed by atoms with E-state index in [2.05, 4.69) is 27.1 Å². The van der Waals surface area contributed by atoms with E-state index >= 15 is 0 Å². The monoisotopic (exact) mass is 283 g/mol. The van der Waals surface area contributed by atoms with Crippen LogP contribution in [0.2, 0.25) is 0 Å². The van der Waals surface area contributed by atoms with Crippen LogP contribution in [-0.4, -0.2) is 27.6 Å². The Bertz CT molecular complexity index is 681. The second-order valence-electron chi connectivity index (χ2n) is 4.72. The highest BCUT2D eigenvalue weighted by atomic mass is 16.2. The lowest BCUT2D eigenvalue weighted by Gasteiger charge is -2.12. The first kappa shape index (κ1) is 14.8. The smallest absolute Gasteiger partial charge is 0.251 e. The van der Waals surface area contributed by atoms with E-state index in [0.29, 0.717) is 17.0 Å². The van der Waals surface area contributed by atoms with Gasteiger partial charge in [0.2, 0.25) is 0 Å². The third-order valence-electron chi connectivity index (χ3n) is 2.93. The summed E-state index contributed by atoms with van der Waals surface area (Å²) < 4.78 is 0. The molecule has 21 heavy (non-hydrogen) atoms. The molecule has 2 aromatic rings. The molecule has 0 fully saturated rings. The normalized spacial score (nSPS) is 11.4. The molecule has 5 nitrogen and oxygen atoms in total. The minimum absolute atomic E-state index is 0.186. The van der Waals surface area contributed by atoms with Crippen LogP contribution in [0.15, 0.2) is 30.6 Å². The number of hydrogen-bond donors (Lipinski definition) is 3. The summed E-state index contributed by atoms with van der Waals surface area (Å²) in [4.78, 5) is 19.4. The van der Waals surface area contributed by atoms with Gasteiger partial charge in [0.05, 0.1) is 6.04 Å². The second kappa shape index (κ2) is 6.73. The number of rotatable bonds is 3. The lowest BCUT2D eigenvalue weighted by molar-refractivity contribution is 0.0938. The molecular weight excluding hydrogens is 266 g/mol. The van der Waals surface area contributed by atoms with Crippen molar-refractivity contribution >= 4 is 5.91 Å². The van der Waals surface area contributed by atoms with Crippen molar-refractivity contribution in [3.63, 3.8) is 0 Å². The molecule has 0 bridgehead atoms. The molecule has 5 heteroatoms. The standard InChI is InChI=1S/C16H17N3O2/c1-11-8-13(4-3-7-20)10-14(9-11)16(21)19-12(2)15-17-5-6-18-15/h5-6,8-10,12,20H,7H2,1-2H3,(H,17,18)(H,19,21). The Morgan fingerprint density at radius 3 is 2.95 bits per heavy atom. The van der Waals surface area contributed by atoms with Crippen LogP contribution < -0.4 is 5.32 Å². The number of amides is 1. The topological polar surface area (TPSA) is 78.0 Å². The molecule has 1 amide bonds. The number of nitrogens with one attached hydrogen (secondary N) is 2. The largest absolute Gasteiger partial charge is 0.384 e. The van der Waals surface area contributed by atoms with Gasteiger partial charge >= 0.3 is 0 Å². The lowest BCUT2D eigenvalue weighted by Crippen LogP contribution is -2.27. The first-order valence-electron chi connectivity index (χ1n) is 6.61. The van der Waals surface area contributed by atoms with Gasteiger partial charge in [0, 0.05) is 23.5 Å². The van der Waals surface area contributed by atoms with Gasteiger partial charge in [-0.2, -0.15) is 0 Å². The summed E-state index contributed by atoms with van der Waals surface area (Å²) in [6.07, 6.45) is 3.36. The van der Waals surface area contributed by atoms with Gasteiger partial charge in [-0.05, 0) is 37.6 Å². The molecule has 3 N–H and O–H groups in total. The van der Waals surface area contributed by atoms with E-state index in [0.717, 1.165) is 5.56 Å². The third kappa shape index (κ3) is 3.94. The van der Waals surface area contributed by atoms with Gasteiger partial charge in [0.15, 0.2) is 0 Å². The summed E-state index contributed by atoms with van der Waals surface area (Å²) >= 11 is 0. The van der Waals surface area contributed by atoms with Gasteiger partial charge in [-0.1, -0.05) is 11.8 Å². The van der Waals surface area contributed by atoms with Crippen LogP contribution in [0.3, 0.4) is 0 Å². The van der Waals surface area contributed by atoms with Crippen LogP contribution in [0.25, 0.3) is 0 Å². The van der Waals surface area contributed by atoms with E-state index in [4.69, 9.17) is 5.11 Å². The van der Waals surface area contributed by atoms with Crippen LogP contribution in [-0.2, 0) is 0 Å². The van der Waals surface area contributed by atoms with Gasteiger partial charge in [0.25, 0.3) is 5.91 Å². The number of aromatic amines is 1. The number of hydrogen-bond acceptors (Lipinski definition) is 3. The Kier molecular flexibility index (Phi) is 4.75. The van der Waals surface area contributed by atoms with E-state index in [1.807, 2.05) is 19.9 Å². The van der Waals surface area contributed by atoms with Gasteiger partial charge in [-0.25, -0.2) is 4.98 Å². The summed E-state index contributed by atoms with van der Waals surface area (Å²) in [5.74, 6) is 5.91. The van der Waals surface area contributed by atoms with Crippen molar-refractivity contribution in [2.75, 3.05) is 6.61 Å². The number of carbonyl (C=O) groups excluding carboxylic acids is 1. The van der Waals surface area contributed by atoms with Crippen molar-refractivity contribution in [2.24, 2.45) is 0 Å². The Morgan fingerprint density at radius 2 is 2.29 bits per heavy atom. The van der Waals surface area contributed by atoms with Crippen molar-refractivity contribution < 1.29 is 9.90 Å². The minimum Gasteiger partial charge on any atom is -0.384 e. The van der Waals surface area contributed by atoms with Gasteiger partial charge in [0.1, 0.15) is 12.4 Å². The number of aliphatic hydroxyl groups is 1. The van der Waals surface area contributed by atoms with Crippen molar-refractivity contribution in [1.82, 2.24) is 15.3 Å². The fraction of sp³-hybridized carbons (Fsp3) is 0.250. The third-order valence-corrected chi connectivity index (χ3v) is 2.93. The Morgan fingerprint density at radius 1 is 1.48 bits per heavy atom. The maximum atomic E-state index is 12.3. The summed E-state index contributed by atoms with van der Waals surface area (Å²) in [5, 5.41) is 11.6. The molecule has 2 rings (SSSR count). The van der Waals surface area contributed by atoms with Crippen molar-refractivity contribution in [3.8, 4) is 11.8 Å². The lowest BCUT2D eigenvalue weighted by atomic mass is 10.1. The highest BCUT2D eigenvalue weighted by molar-refractivity contribution is 5.95. The van der Waals surface area contributed by atoms with Crippen LogP contribution >= 0.6 is 0 Å². The average molecular weight is 283 g/mol. The number of benzene rings is 1. The average Bonchev–Trinajstić information content (AvgIpc) is 2.98. The van der Waals surface area contributed by atoms with E-state index in [9.17, 15) is 4.79 Å². The fourth-order valence-electron chi connectivity index (χ4n) is 1.99. The molecular formula is C16H17N3O2. The number of aryl methyl sites for hydroxylation is 1. The number of aliphatic hydroxyl groups excluding tert-OH is 1. The van der Waals surface area contributed by atoms with Gasteiger partial charge in [-0.3, -0.25) is 4.79 Å². The molecule has 0 aliphatic rings. The number of aromatic nitrogens is 2. The number of imidazole rings is 1. The molecule has 0 aliphatic carbocycles. The predicted octanol–water partition coefficient (Wildman–Crippen LogP) is 1.55. The fourth-order valence-corrected chi connectivity index (χ4v) is 1.99.